The van der Waals surface area contributed by atoms with Crippen LogP contribution in [0.1, 0.15) is 26.5 Å². The third-order valence-electron chi connectivity index (χ3n) is 4.19. The predicted molar refractivity (Wildman–Crippen MR) is 101 cm³/mol. The van der Waals surface area contributed by atoms with E-state index < -0.39 is 64.5 Å². The van der Waals surface area contributed by atoms with Gasteiger partial charge in [-0.1, -0.05) is 0 Å². The summed E-state index contributed by atoms with van der Waals surface area (Å²) in [6.07, 6.45) is -2.56. The molecule has 4 atom stereocenters. The number of H-pyrrole nitrogens is 1. The van der Waals surface area contributed by atoms with Crippen LogP contribution in [-0.2, 0) is 28.6 Å². The standard InChI is InChI=1S/C15H25N2O10PS/c1-9(2)26-12-10(5-7-29(23,24)8-28(20,21)22)27-14(13(12)25-3)17-6-4-11(18)16-15(17)19/h4,6,9-10,12-14H,5,7-8H2,1-3H3,(H,16,18,19)(H2,20,21,22)/t10-,12-,13-,14?/m1/s1. The van der Waals surface area contributed by atoms with Gasteiger partial charge in [0, 0.05) is 19.4 Å². The second kappa shape index (κ2) is 9.21. The van der Waals surface area contributed by atoms with Crippen molar-refractivity contribution in [3.63, 3.8) is 0 Å². The molecule has 1 aromatic rings. The molecular weight excluding hydrogens is 431 g/mol. The molecule has 2 rings (SSSR count). The van der Waals surface area contributed by atoms with Crippen LogP contribution in [0.3, 0.4) is 0 Å². The summed E-state index contributed by atoms with van der Waals surface area (Å²) in [5.41, 5.74) is -2.59. The number of ether oxygens (including phenoxy) is 3. The Kier molecular flexibility index (Phi) is 7.60. The number of aromatic amines is 1. The largest absolute Gasteiger partial charge is 0.374 e. The van der Waals surface area contributed by atoms with Gasteiger partial charge in [0.1, 0.15) is 12.2 Å². The highest BCUT2D eigenvalue weighted by atomic mass is 32.2. The maximum atomic E-state index is 12.1. The van der Waals surface area contributed by atoms with Crippen molar-refractivity contribution in [2.24, 2.45) is 0 Å². The van der Waals surface area contributed by atoms with Gasteiger partial charge in [-0.05, 0) is 20.3 Å². The number of aromatic nitrogens is 2. The highest BCUT2D eigenvalue weighted by Crippen LogP contribution is 2.38. The summed E-state index contributed by atoms with van der Waals surface area (Å²) >= 11 is 0. The number of hydrogen-bond donors (Lipinski definition) is 3. The van der Waals surface area contributed by atoms with E-state index in [2.05, 4.69) is 4.98 Å². The summed E-state index contributed by atoms with van der Waals surface area (Å²) in [7, 11) is -7.42. The summed E-state index contributed by atoms with van der Waals surface area (Å²) in [6.45, 7) is 3.52. The van der Waals surface area contributed by atoms with Crippen molar-refractivity contribution < 1.29 is 37.0 Å². The molecule has 0 amide bonds. The molecule has 0 aliphatic carbocycles. The molecule has 29 heavy (non-hydrogen) atoms. The molecule has 3 N–H and O–H groups in total. The quantitative estimate of drug-likeness (QED) is 0.398. The fourth-order valence-electron chi connectivity index (χ4n) is 3.14. The van der Waals surface area contributed by atoms with Crippen molar-refractivity contribution in [2.75, 3.05) is 18.4 Å². The molecule has 1 unspecified atom stereocenters. The monoisotopic (exact) mass is 456 g/mol. The molecule has 1 aromatic heterocycles. The molecule has 0 spiro atoms. The Morgan fingerprint density at radius 1 is 1.31 bits per heavy atom. The maximum Gasteiger partial charge on any atom is 0.340 e. The molecular formula is C15H25N2O10PS. The molecule has 1 fully saturated rings. The van der Waals surface area contributed by atoms with Gasteiger partial charge in [0.05, 0.1) is 18.0 Å². The lowest BCUT2D eigenvalue weighted by Crippen LogP contribution is -2.40. The summed E-state index contributed by atoms with van der Waals surface area (Å²) < 4.78 is 53.3. The molecule has 1 aliphatic heterocycles. The number of methoxy groups -OCH3 is 1. The van der Waals surface area contributed by atoms with E-state index in [1.165, 1.54) is 13.3 Å². The van der Waals surface area contributed by atoms with Crippen molar-refractivity contribution in [1.29, 1.82) is 0 Å². The minimum Gasteiger partial charge on any atom is -0.374 e. The summed E-state index contributed by atoms with van der Waals surface area (Å²) in [6, 6.07) is 1.13. The Morgan fingerprint density at radius 3 is 2.48 bits per heavy atom. The van der Waals surface area contributed by atoms with Crippen molar-refractivity contribution in [3.05, 3.63) is 33.1 Å². The van der Waals surface area contributed by atoms with E-state index in [9.17, 15) is 22.6 Å². The zero-order chi connectivity index (χ0) is 22.0. The number of hydrogen-bond acceptors (Lipinski definition) is 8. The Bertz CT molecular complexity index is 966. The first kappa shape index (κ1) is 23.9. The lowest BCUT2D eigenvalue weighted by molar-refractivity contribution is -0.0791. The lowest BCUT2D eigenvalue weighted by Gasteiger charge is -2.25. The topological polar surface area (TPSA) is 174 Å². The molecule has 0 bridgehead atoms. The maximum absolute atomic E-state index is 12.1. The Labute approximate surface area is 166 Å². The summed E-state index contributed by atoms with van der Waals surface area (Å²) in [4.78, 5) is 43.4. The lowest BCUT2D eigenvalue weighted by atomic mass is 10.1. The molecule has 0 radical (unpaired) electrons. The first-order valence-electron chi connectivity index (χ1n) is 8.73. The molecule has 14 heteroatoms. The third kappa shape index (κ3) is 6.57. The van der Waals surface area contributed by atoms with Crippen LogP contribution < -0.4 is 11.2 Å². The van der Waals surface area contributed by atoms with Gasteiger partial charge in [-0.25, -0.2) is 13.2 Å². The van der Waals surface area contributed by atoms with Crippen LogP contribution >= 0.6 is 7.60 Å². The minimum atomic E-state index is -4.74. The van der Waals surface area contributed by atoms with E-state index in [-0.39, 0.29) is 12.5 Å². The zero-order valence-electron chi connectivity index (χ0n) is 16.1. The second-order valence-electron chi connectivity index (χ2n) is 6.96. The van der Waals surface area contributed by atoms with Crippen LogP contribution in [0.4, 0.5) is 0 Å². The smallest absolute Gasteiger partial charge is 0.340 e. The molecule has 1 aliphatic rings. The predicted octanol–water partition coefficient (Wildman–Crippen LogP) is -0.817. The SMILES string of the molecule is CO[C@H]1C(n2ccc(=O)[nH]c2=O)O[C@H](CCS(=O)(=O)CP(=O)(O)O)[C@H]1OC(C)C. The van der Waals surface area contributed by atoms with Crippen molar-refractivity contribution in [3.8, 4) is 0 Å². The van der Waals surface area contributed by atoms with E-state index in [1.54, 1.807) is 13.8 Å². The van der Waals surface area contributed by atoms with Crippen LogP contribution in [0.15, 0.2) is 21.9 Å². The van der Waals surface area contributed by atoms with Crippen LogP contribution in [0.5, 0.6) is 0 Å². The number of nitrogens with one attached hydrogen (secondary N) is 1. The summed E-state index contributed by atoms with van der Waals surface area (Å²) in [5, 5.41) is 0. The highest BCUT2D eigenvalue weighted by molar-refractivity contribution is 7.97. The molecule has 2 heterocycles. The minimum absolute atomic E-state index is 0.131. The Hall–Kier alpha value is -1.34. The zero-order valence-corrected chi connectivity index (χ0v) is 17.8. The second-order valence-corrected chi connectivity index (χ2v) is 11.2. The van der Waals surface area contributed by atoms with Crippen LogP contribution in [0, 0.1) is 0 Å². The molecule has 1 saturated heterocycles. The Morgan fingerprint density at radius 2 is 1.97 bits per heavy atom. The van der Waals surface area contributed by atoms with Gasteiger partial charge >= 0.3 is 13.3 Å². The van der Waals surface area contributed by atoms with Crippen molar-refractivity contribution in [1.82, 2.24) is 9.55 Å². The Balaban J connectivity index is 2.29. The molecule has 0 aromatic carbocycles. The number of rotatable bonds is 9. The van der Waals surface area contributed by atoms with E-state index in [0.29, 0.717) is 0 Å². The van der Waals surface area contributed by atoms with Crippen molar-refractivity contribution in [2.45, 2.75) is 50.9 Å². The van der Waals surface area contributed by atoms with Crippen molar-refractivity contribution >= 4 is 17.4 Å². The molecule has 166 valence electrons. The number of nitrogens with zero attached hydrogens (tertiary/aromatic N) is 1. The summed E-state index contributed by atoms with van der Waals surface area (Å²) in [5.74, 6) is -0.551. The van der Waals surface area contributed by atoms with Gasteiger partial charge in [0.15, 0.2) is 21.6 Å². The fourth-order valence-corrected chi connectivity index (χ4v) is 6.30. The first-order chi connectivity index (χ1) is 13.3. The molecule has 12 nitrogen and oxygen atoms in total. The fraction of sp³-hybridized carbons (Fsp3) is 0.733. The van der Waals surface area contributed by atoms with Gasteiger partial charge in [-0.2, -0.15) is 0 Å². The average molecular weight is 456 g/mol. The van der Waals surface area contributed by atoms with Gasteiger partial charge in [-0.15, -0.1) is 0 Å². The van der Waals surface area contributed by atoms with Gasteiger partial charge in [-0.3, -0.25) is 18.9 Å². The van der Waals surface area contributed by atoms with E-state index in [4.69, 9.17) is 24.0 Å². The molecule has 0 saturated carbocycles. The van der Waals surface area contributed by atoms with E-state index >= 15 is 0 Å². The number of sulfone groups is 1. The third-order valence-corrected chi connectivity index (χ3v) is 7.97. The van der Waals surface area contributed by atoms with Crippen LogP contribution in [-0.4, -0.2) is 70.5 Å². The van der Waals surface area contributed by atoms with Gasteiger partial charge in [0.2, 0.25) is 0 Å². The van der Waals surface area contributed by atoms with Crippen LogP contribution in [0.2, 0.25) is 0 Å². The first-order valence-corrected chi connectivity index (χ1v) is 12.3. The van der Waals surface area contributed by atoms with E-state index in [1.807, 2.05) is 0 Å². The van der Waals surface area contributed by atoms with E-state index in [0.717, 1.165) is 10.6 Å². The van der Waals surface area contributed by atoms with Gasteiger partial charge < -0.3 is 24.0 Å². The normalized spacial score (nSPS) is 25.6. The average Bonchev–Trinajstić information content (AvgIpc) is 2.87. The highest BCUT2D eigenvalue weighted by Gasteiger charge is 2.47. The van der Waals surface area contributed by atoms with Gasteiger partial charge in [0.25, 0.3) is 5.56 Å². The van der Waals surface area contributed by atoms with Crippen LogP contribution in [0.25, 0.3) is 0 Å².